The Kier molecular flexibility index (Phi) is 12.5. The van der Waals surface area contributed by atoms with Crippen molar-refractivity contribution in [1.29, 1.82) is 0 Å². The Balaban J connectivity index is 4.19. The molecule has 27 heavy (non-hydrogen) atoms. The first-order valence-corrected chi connectivity index (χ1v) is 10.1. The van der Waals surface area contributed by atoms with Gasteiger partial charge in [-0.1, -0.05) is 6.92 Å². The maximum atomic E-state index is 11.8. The van der Waals surface area contributed by atoms with E-state index in [4.69, 9.17) is 19.1 Å². The Morgan fingerprint density at radius 2 is 1.74 bits per heavy atom. The lowest BCUT2D eigenvalue weighted by atomic mass is 10.1. The predicted octanol–water partition coefficient (Wildman–Crippen LogP) is -0.971. The first-order valence-electron chi connectivity index (χ1n) is 8.47. The highest BCUT2D eigenvalue weighted by atomic mass is 32.2. The zero-order chi connectivity index (χ0) is 20.9. The van der Waals surface area contributed by atoms with Crippen molar-refractivity contribution >= 4 is 27.9 Å². The first kappa shape index (κ1) is 25.2. The molecule has 4 N–H and O–H groups in total. The van der Waals surface area contributed by atoms with Gasteiger partial charge in [-0.15, -0.1) is 0 Å². The molecule has 0 heterocycles. The molecular weight excluding hydrogens is 384 g/mol. The molecule has 0 aromatic carbocycles. The molecule has 0 saturated heterocycles. The summed E-state index contributed by atoms with van der Waals surface area (Å²) in [4.78, 5) is 34.7. The molecule has 0 aliphatic rings. The third kappa shape index (κ3) is 14.0. The molecule has 2 amide bonds. The average Bonchev–Trinajstić information content (AvgIpc) is 2.55. The second-order valence-electron chi connectivity index (χ2n) is 5.75. The number of carboxylic acid groups (broad SMARTS) is 1. The van der Waals surface area contributed by atoms with E-state index in [1.165, 1.54) is 6.92 Å². The highest BCUT2D eigenvalue weighted by Gasteiger charge is 2.26. The van der Waals surface area contributed by atoms with Gasteiger partial charge in [0.25, 0.3) is 10.1 Å². The quantitative estimate of drug-likeness (QED) is 0.195. The van der Waals surface area contributed by atoms with Crippen LogP contribution in [0, 0.1) is 5.92 Å². The van der Waals surface area contributed by atoms with Crippen molar-refractivity contribution in [2.24, 2.45) is 5.92 Å². The van der Waals surface area contributed by atoms with Gasteiger partial charge in [-0.05, 0) is 13.3 Å². The Labute approximate surface area is 158 Å². The molecule has 0 radical (unpaired) electrons. The van der Waals surface area contributed by atoms with Crippen LogP contribution < -0.4 is 10.6 Å². The Morgan fingerprint density at radius 3 is 2.30 bits per heavy atom. The topological polar surface area (TPSA) is 168 Å². The second kappa shape index (κ2) is 13.4. The lowest BCUT2D eigenvalue weighted by molar-refractivity contribution is -0.142. The van der Waals surface area contributed by atoms with E-state index in [2.05, 4.69) is 10.6 Å². The lowest BCUT2D eigenvalue weighted by Gasteiger charge is -2.17. The molecule has 2 unspecified atom stereocenters. The average molecular weight is 412 g/mol. The molecule has 12 heteroatoms. The first-order chi connectivity index (χ1) is 12.6. The van der Waals surface area contributed by atoms with Crippen LogP contribution in [0.1, 0.15) is 26.7 Å². The molecule has 0 saturated carbocycles. The molecule has 11 nitrogen and oxygen atoms in total. The maximum Gasteiger partial charge on any atom is 0.326 e. The van der Waals surface area contributed by atoms with E-state index in [1.54, 1.807) is 0 Å². The zero-order valence-electron chi connectivity index (χ0n) is 15.5. The van der Waals surface area contributed by atoms with Crippen molar-refractivity contribution in [3.8, 4) is 0 Å². The van der Waals surface area contributed by atoms with E-state index < -0.39 is 45.6 Å². The molecule has 2 atom stereocenters. The molecule has 0 spiro atoms. The number of hydrogen-bond donors (Lipinski definition) is 4. The van der Waals surface area contributed by atoms with Gasteiger partial charge in [-0.3, -0.25) is 14.1 Å². The third-order valence-electron chi connectivity index (χ3n) is 3.33. The van der Waals surface area contributed by atoms with E-state index >= 15 is 0 Å². The fraction of sp³-hybridized carbons (Fsp3) is 0.800. The summed E-state index contributed by atoms with van der Waals surface area (Å²) in [6, 6.07) is -1.35. The Bertz CT molecular complexity index is 580. The van der Waals surface area contributed by atoms with Crippen LogP contribution in [-0.4, -0.2) is 80.6 Å². The van der Waals surface area contributed by atoms with Gasteiger partial charge >= 0.3 is 5.97 Å². The predicted molar refractivity (Wildman–Crippen MR) is 94.7 cm³/mol. The largest absolute Gasteiger partial charge is 0.480 e. The van der Waals surface area contributed by atoms with E-state index in [9.17, 15) is 22.8 Å². The smallest absolute Gasteiger partial charge is 0.326 e. The number of rotatable bonds is 15. The maximum absolute atomic E-state index is 11.8. The minimum Gasteiger partial charge on any atom is -0.480 e. The molecule has 0 bridgehead atoms. The molecule has 0 aliphatic heterocycles. The van der Waals surface area contributed by atoms with Crippen molar-refractivity contribution in [3.05, 3.63) is 0 Å². The highest BCUT2D eigenvalue weighted by Crippen LogP contribution is 2.04. The summed E-state index contributed by atoms with van der Waals surface area (Å²) in [6.45, 7) is 5.09. The number of nitrogens with one attached hydrogen (secondary N) is 2. The molecule has 0 aliphatic carbocycles. The Hall–Kier alpha value is -1.76. The van der Waals surface area contributed by atoms with Crippen LogP contribution in [0.3, 0.4) is 0 Å². The summed E-state index contributed by atoms with van der Waals surface area (Å²) in [7, 11) is -4.36. The van der Waals surface area contributed by atoms with Crippen LogP contribution in [0.15, 0.2) is 0 Å². The summed E-state index contributed by atoms with van der Waals surface area (Å²) in [6.07, 6.45) is -0.320. The SMILES string of the molecule is CCOCCOCCNC(=O)CCC(NC(=O)C(C)CS(=O)(=O)O)C(=O)O. The number of carbonyl (C=O) groups is 3. The minimum absolute atomic E-state index is 0.150. The van der Waals surface area contributed by atoms with Crippen LogP contribution in [-0.2, 0) is 34.0 Å². The number of carbonyl (C=O) groups excluding carboxylic acids is 2. The van der Waals surface area contributed by atoms with Gasteiger partial charge in [0.1, 0.15) is 6.04 Å². The molecule has 0 aromatic heterocycles. The Morgan fingerprint density at radius 1 is 1.11 bits per heavy atom. The third-order valence-corrected chi connectivity index (χ3v) is 4.25. The van der Waals surface area contributed by atoms with Gasteiger partial charge in [-0.2, -0.15) is 8.42 Å². The van der Waals surface area contributed by atoms with E-state index in [0.717, 1.165) is 0 Å². The molecule has 0 aromatic rings. The van der Waals surface area contributed by atoms with Gasteiger partial charge < -0.3 is 25.2 Å². The molecule has 0 fully saturated rings. The van der Waals surface area contributed by atoms with Crippen molar-refractivity contribution in [1.82, 2.24) is 10.6 Å². The number of amides is 2. The van der Waals surface area contributed by atoms with Crippen LogP contribution in [0.4, 0.5) is 0 Å². The molecule has 158 valence electrons. The van der Waals surface area contributed by atoms with Gasteiger partial charge in [0.15, 0.2) is 0 Å². The summed E-state index contributed by atoms with van der Waals surface area (Å²) in [5, 5.41) is 13.8. The van der Waals surface area contributed by atoms with E-state index in [1.807, 2.05) is 6.92 Å². The molecular formula is C15H28N2O9S. The summed E-state index contributed by atoms with van der Waals surface area (Å²) >= 11 is 0. The zero-order valence-corrected chi connectivity index (χ0v) is 16.3. The van der Waals surface area contributed by atoms with Crippen molar-refractivity contribution in [2.45, 2.75) is 32.7 Å². The van der Waals surface area contributed by atoms with Gasteiger partial charge in [-0.25, -0.2) is 4.79 Å². The van der Waals surface area contributed by atoms with Crippen LogP contribution in [0.25, 0.3) is 0 Å². The normalized spacial score (nSPS) is 13.6. The number of ether oxygens (including phenoxy) is 2. The summed E-state index contributed by atoms with van der Waals surface area (Å²) < 4.78 is 40.5. The molecule has 0 rings (SSSR count). The van der Waals surface area contributed by atoms with Crippen LogP contribution in [0.5, 0.6) is 0 Å². The van der Waals surface area contributed by atoms with Crippen molar-refractivity contribution in [3.63, 3.8) is 0 Å². The highest BCUT2D eigenvalue weighted by molar-refractivity contribution is 7.85. The van der Waals surface area contributed by atoms with Gasteiger partial charge in [0.05, 0.1) is 31.5 Å². The summed E-state index contributed by atoms with van der Waals surface area (Å²) in [5.74, 6) is -4.56. The van der Waals surface area contributed by atoms with Crippen LogP contribution in [0.2, 0.25) is 0 Å². The van der Waals surface area contributed by atoms with Crippen molar-refractivity contribution < 1.29 is 41.9 Å². The standard InChI is InChI=1S/C15H28N2O9S/c1-3-25-8-9-26-7-6-16-13(18)5-4-12(15(20)21)17-14(19)11(2)10-27(22,23)24/h11-12H,3-10H2,1-2H3,(H,16,18)(H,17,19)(H,20,21)(H,22,23,24). The minimum atomic E-state index is -4.36. The monoisotopic (exact) mass is 412 g/mol. The second-order valence-corrected chi connectivity index (χ2v) is 7.24. The van der Waals surface area contributed by atoms with Gasteiger partial charge in [0, 0.05) is 19.6 Å². The fourth-order valence-corrected chi connectivity index (χ4v) is 2.74. The van der Waals surface area contributed by atoms with Crippen molar-refractivity contribution in [2.75, 3.05) is 38.7 Å². The summed E-state index contributed by atoms with van der Waals surface area (Å²) in [5.41, 5.74) is 0. The van der Waals surface area contributed by atoms with Gasteiger partial charge in [0.2, 0.25) is 11.8 Å². The lowest BCUT2D eigenvalue weighted by Crippen LogP contribution is -2.45. The van der Waals surface area contributed by atoms with E-state index in [-0.39, 0.29) is 26.0 Å². The number of hydrogen-bond acceptors (Lipinski definition) is 7. The number of aliphatic carboxylic acids is 1. The fourth-order valence-electron chi connectivity index (χ4n) is 1.95. The van der Waals surface area contributed by atoms with Crippen LogP contribution >= 0.6 is 0 Å². The van der Waals surface area contributed by atoms with E-state index in [0.29, 0.717) is 19.8 Å². The number of carboxylic acids is 1.